The van der Waals surface area contributed by atoms with E-state index in [0.29, 0.717) is 5.95 Å². The second-order valence-corrected chi connectivity index (χ2v) is 19.2. The van der Waals surface area contributed by atoms with Gasteiger partial charge >= 0.3 is 0 Å². The van der Waals surface area contributed by atoms with Crippen LogP contribution >= 0.6 is 0 Å². The minimum absolute atomic E-state index is 0.643. The lowest BCUT2D eigenvalue weighted by Crippen LogP contribution is -2.04. The molecule has 0 saturated carbocycles. The third-order valence-electron chi connectivity index (χ3n) is 15.5. The summed E-state index contributed by atoms with van der Waals surface area (Å²) in [5.74, 6) is 0.643. The predicted octanol–water partition coefficient (Wildman–Crippen LogP) is 18.0. The van der Waals surface area contributed by atoms with E-state index < -0.39 is 0 Å². The Kier molecular flexibility index (Phi) is 8.14. The zero-order valence-electron chi connectivity index (χ0n) is 38.9. The van der Waals surface area contributed by atoms with Crippen molar-refractivity contribution in [3.8, 4) is 45.1 Å². The molecule has 3 heterocycles. The molecule has 0 amide bonds. The Balaban J connectivity index is 1.01. The lowest BCUT2D eigenvalue weighted by Gasteiger charge is -2.17. The molecular formula is C68H40N4. The van der Waals surface area contributed by atoms with E-state index in [0.717, 1.165) is 44.3 Å². The van der Waals surface area contributed by atoms with E-state index in [1.807, 2.05) is 0 Å². The zero-order valence-corrected chi connectivity index (χ0v) is 38.9. The van der Waals surface area contributed by atoms with Crippen LogP contribution in [-0.2, 0) is 0 Å². The maximum atomic E-state index is 5.69. The Morgan fingerprint density at radius 2 is 0.708 bits per heavy atom. The number of hydrogen-bond donors (Lipinski definition) is 0. The van der Waals surface area contributed by atoms with Crippen LogP contribution in [0.3, 0.4) is 0 Å². The molecule has 72 heavy (non-hydrogen) atoms. The molecule has 0 atom stereocenters. The van der Waals surface area contributed by atoms with E-state index in [-0.39, 0.29) is 0 Å². The summed E-state index contributed by atoms with van der Waals surface area (Å²) < 4.78 is 4.79. The van der Waals surface area contributed by atoms with Gasteiger partial charge in [-0.15, -0.1) is 0 Å². The molecular weight excluding hydrogens is 873 g/mol. The molecule has 3 aromatic heterocycles. The standard InChI is InChI=1S/C68H40N4/c1-3-17-41(18-4-1)42-33-35-44(36-34-42)71-59-31-13-10-24-52(59)65-54-28-15-26-48-49-27-16-29-55-64(49)57(56(63(48)54)39-61(65)71)40-62-66(55)53-25-11-14-32-60(53)72(62)68-69-58-30-12-9-23-51(58)67(70-68)50-38-37-45(43-19-5-2-6-20-43)46-21-7-8-22-47(46)50/h1-40H. The smallest absolute Gasteiger partial charge is 0.235 e. The lowest BCUT2D eigenvalue weighted by molar-refractivity contribution is 1.01. The molecule has 16 rings (SSSR count). The van der Waals surface area contributed by atoms with Gasteiger partial charge in [0.25, 0.3) is 0 Å². The van der Waals surface area contributed by atoms with Crippen molar-refractivity contribution in [2.75, 3.05) is 0 Å². The minimum Gasteiger partial charge on any atom is -0.309 e. The number of aromatic nitrogens is 4. The first-order valence-electron chi connectivity index (χ1n) is 24.7. The summed E-state index contributed by atoms with van der Waals surface area (Å²) in [7, 11) is 0. The normalized spacial score (nSPS) is 12.2. The summed E-state index contributed by atoms with van der Waals surface area (Å²) in [5, 5.41) is 18.2. The number of nitrogens with zero attached hydrogens (tertiary/aromatic N) is 4. The van der Waals surface area contributed by atoms with E-state index in [9.17, 15) is 0 Å². The molecule has 16 aromatic rings. The summed E-state index contributed by atoms with van der Waals surface area (Å²) in [6.45, 7) is 0. The maximum Gasteiger partial charge on any atom is 0.235 e. The molecule has 4 heteroatoms. The van der Waals surface area contributed by atoms with Gasteiger partial charge in [0.15, 0.2) is 0 Å². The molecule has 0 aliphatic heterocycles. The average Bonchev–Trinajstić information content (AvgIpc) is 3.97. The Morgan fingerprint density at radius 1 is 0.250 bits per heavy atom. The predicted molar refractivity (Wildman–Crippen MR) is 303 cm³/mol. The van der Waals surface area contributed by atoms with Crippen LogP contribution in [0.5, 0.6) is 0 Å². The van der Waals surface area contributed by atoms with Gasteiger partial charge in [0, 0.05) is 38.2 Å². The van der Waals surface area contributed by atoms with Crippen molar-refractivity contribution >= 4 is 108 Å². The van der Waals surface area contributed by atoms with Gasteiger partial charge in [0.05, 0.1) is 33.3 Å². The van der Waals surface area contributed by atoms with Crippen LogP contribution in [0.2, 0.25) is 0 Å². The minimum atomic E-state index is 0.643. The van der Waals surface area contributed by atoms with Crippen LogP contribution in [0, 0.1) is 0 Å². The monoisotopic (exact) mass is 912 g/mol. The number of fused-ring (bicyclic) bond motifs is 12. The highest BCUT2D eigenvalue weighted by Crippen LogP contribution is 2.49. The van der Waals surface area contributed by atoms with E-state index in [1.54, 1.807) is 0 Å². The van der Waals surface area contributed by atoms with Crippen molar-refractivity contribution < 1.29 is 0 Å². The molecule has 13 aromatic carbocycles. The van der Waals surface area contributed by atoms with E-state index in [2.05, 4.69) is 252 Å². The molecule has 0 saturated heterocycles. The fourth-order valence-corrected chi connectivity index (χ4v) is 12.4. The summed E-state index contributed by atoms with van der Waals surface area (Å²) in [6, 6.07) is 88.5. The molecule has 0 aliphatic rings. The first-order valence-corrected chi connectivity index (χ1v) is 24.7. The van der Waals surface area contributed by atoms with E-state index in [4.69, 9.17) is 9.97 Å². The van der Waals surface area contributed by atoms with Crippen LogP contribution in [-0.4, -0.2) is 19.1 Å². The van der Waals surface area contributed by atoms with Crippen LogP contribution in [0.1, 0.15) is 0 Å². The average molecular weight is 913 g/mol. The summed E-state index contributed by atoms with van der Waals surface area (Å²) in [5.41, 5.74) is 13.3. The fraction of sp³-hybridized carbons (Fsp3) is 0. The van der Waals surface area contributed by atoms with Gasteiger partial charge in [0.1, 0.15) is 0 Å². The van der Waals surface area contributed by atoms with Crippen LogP contribution in [0.4, 0.5) is 0 Å². The quantitative estimate of drug-likeness (QED) is 0.127. The highest BCUT2D eigenvalue weighted by atomic mass is 15.2. The Bertz CT molecular complexity index is 4890. The van der Waals surface area contributed by atoms with Gasteiger partial charge in [-0.3, -0.25) is 4.57 Å². The topological polar surface area (TPSA) is 35.6 Å². The molecule has 0 bridgehead atoms. The maximum absolute atomic E-state index is 5.69. The van der Waals surface area contributed by atoms with Gasteiger partial charge in [-0.05, 0) is 119 Å². The fourth-order valence-electron chi connectivity index (χ4n) is 12.4. The van der Waals surface area contributed by atoms with Crippen molar-refractivity contribution in [1.82, 2.24) is 19.1 Å². The van der Waals surface area contributed by atoms with Crippen molar-refractivity contribution in [2.24, 2.45) is 0 Å². The number of benzene rings is 13. The Labute approximate surface area is 413 Å². The highest BCUT2D eigenvalue weighted by molar-refractivity contribution is 6.41. The summed E-state index contributed by atoms with van der Waals surface area (Å²) >= 11 is 0. The van der Waals surface area contributed by atoms with Crippen molar-refractivity contribution in [2.45, 2.75) is 0 Å². The van der Waals surface area contributed by atoms with Crippen LogP contribution < -0.4 is 0 Å². The summed E-state index contributed by atoms with van der Waals surface area (Å²) in [4.78, 5) is 11.2. The molecule has 4 nitrogen and oxygen atoms in total. The van der Waals surface area contributed by atoms with Crippen LogP contribution in [0.25, 0.3) is 154 Å². The third-order valence-corrected chi connectivity index (χ3v) is 15.5. The first-order chi connectivity index (χ1) is 35.7. The molecule has 0 N–H and O–H groups in total. The molecule has 0 fully saturated rings. The van der Waals surface area contributed by atoms with Crippen LogP contribution in [0.15, 0.2) is 243 Å². The van der Waals surface area contributed by atoms with E-state index >= 15 is 0 Å². The van der Waals surface area contributed by atoms with Gasteiger partial charge in [-0.1, -0.05) is 200 Å². The number of para-hydroxylation sites is 3. The molecule has 332 valence electrons. The SMILES string of the molecule is c1ccc(-c2ccc(-n3c4ccccc4c4c5cccc6c7cccc8c7c(cc7c8c8ccccc8n7-c7nc(-c8ccc(-c9ccccc9)c9ccccc89)c8ccccc8n7)c(cc43)c65)cc2)cc1. The van der Waals surface area contributed by atoms with Gasteiger partial charge in [0.2, 0.25) is 5.95 Å². The molecule has 0 unspecified atom stereocenters. The largest absolute Gasteiger partial charge is 0.309 e. The van der Waals surface area contributed by atoms with Crippen molar-refractivity contribution in [1.29, 1.82) is 0 Å². The van der Waals surface area contributed by atoms with Crippen molar-refractivity contribution in [3.05, 3.63) is 243 Å². The Morgan fingerprint density at radius 3 is 1.35 bits per heavy atom. The summed E-state index contributed by atoms with van der Waals surface area (Å²) in [6.07, 6.45) is 0. The molecule has 0 aliphatic carbocycles. The second-order valence-electron chi connectivity index (χ2n) is 19.2. The lowest BCUT2D eigenvalue weighted by atomic mass is 9.87. The zero-order chi connectivity index (χ0) is 47.0. The van der Waals surface area contributed by atoms with Crippen molar-refractivity contribution in [3.63, 3.8) is 0 Å². The second kappa shape index (κ2) is 14.9. The third kappa shape index (κ3) is 5.46. The van der Waals surface area contributed by atoms with E-state index in [1.165, 1.54) is 103 Å². The van der Waals surface area contributed by atoms with Gasteiger partial charge in [-0.25, -0.2) is 9.97 Å². The number of hydrogen-bond acceptors (Lipinski definition) is 2. The van der Waals surface area contributed by atoms with Gasteiger partial charge in [-0.2, -0.15) is 0 Å². The number of rotatable bonds is 5. The Hall–Kier alpha value is -9.64. The highest BCUT2D eigenvalue weighted by Gasteiger charge is 2.25. The first kappa shape index (κ1) is 39.2. The molecule has 0 spiro atoms. The van der Waals surface area contributed by atoms with Gasteiger partial charge < -0.3 is 4.57 Å². The molecule has 0 radical (unpaired) electrons.